The van der Waals surface area contributed by atoms with Crippen molar-refractivity contribution < 1.29 is 4.39 Å². The van der Waals surface area contributed by atoms with Gasteiger partial charge in [0.1, 0.15) is 5.82 Å². The molecular formula is C18H29ClFN. The molecule has 1 aromatic carbocycles. The van der Waals surface area contributed by atoms with Crippen LogP contribution in [0.4, 0.5) is 4.39 Å². The molecule has 0 aliphatic heterocycles. The number of hydrogen-bond donors (Lipinski definition) is 1. The number of unbranched alkanes of at least 4 members (excludes halogenated alkanes) is 7. The van der Waals surface area contributed by atoms with Gasteiger partial charge in [0.25, 0.3) is 0 Å². The Bertz CT molecular complexity index is 395. The molecule has 3 heteroatoms. The van der Waals surface area contributed by atoms with E-state index in [0.29, 0.717) is 0 Å². The number of benzene rings is 1. The Morgan fingerprint density at radius 1 is 1.05 bits per heavy atom. The number of nitrogens with one attached hydrogen (secondary N) is 1. The molecule has 0 aliphatic carbocycles. The van der Waals surface area contributed by atoms with Gasteiger partial charge in [-0.25, -0.2) is 4.39 Å². The number of hydrogen-bond acceptors (Lipinski definition) is 1. The first-order valence-corrected chi connectivity index (χ1v) is 8.71. The average Bonchev–Trinajstić information content (AvgIpc) is 2.48. The summed E-state index contributed by atoms with van der Waals surface area (Å²) in [4.78, 5) is 0. The largest absolute Gasteiger partial charge is 0.310 e. The Kier molecular flexibility index (Phi) is 9.69. The van der Waals surface area contributed by atoms with Crippen molar-refractivity contribution in [3.63, 3.8) is 0 Å². The predicted molar refractivity (Wildman–Crippen MR) is 90.4 cm³/mol. The molecule has 1 aromatic rings. The van der Waals surface area contributed by atoms with Gasteiger partial charge in [-0.15, -0.1) is 0 Å². The predicted octanol–water partition coefficient (Wildman–Crippen LogP) is 6.27. The molecule has 0 heterocycles. The van der Waals surface area contributed by atoms with Crippen LogP contribution in [0.15, 0.2) is 18.2 Å². The van der Waals surface area contributed by atoms with E-state index in [1.54, 1.807) is 6.07 Å². The smallest absolute Gasteiger partial charge is 0.142 e. The maximum absolute atomic E-state index is 13.4. The van der Waals surface area contributed by atoms with Crippen molar-refractivity contribution in [1.29, 1.82) is 0 Å². The summed E-state index contributed by atoms with van der Waals surface area (Å²) in [5.74, 6) is -0.338. The Hall–Kier alpha value is -0.600. The summed E-state index contributed by atoms with van der Waals surface area (Å²) in [6.45, 7) is 5.30. The lowest BCUT2D eigenvalue weighted by Gasteiger charge is -2.14. The second-order valence-electron chi connectivity index (χ2n) is 5.82. The van der Waals surface area contributed by atoms with E-state index in [2.05, 4.69) is 19.2 Å². The summed E-state index contributed by atoms with van der Waals surface area (Å²) in [6.07, 6.45) is 10.6. The van der Waals surface area contributed by atoms with Crippen molar-refractivity contribution >= 4 is 11.6 Å². The minimum Gasteiger partial charge on any atom is -0.310 e. The molecule has 1 rings (SSSR count). The molecule has 0 bridgehead atoms. The van der Waals surface area contributed by atoms with Crippen LogP contribution in [0.5, 0.6) is 0 Å². The Balaban J connectivity index is 2.08. The summed E-state index contributed by atoms with van der Waals surface area (Å²) in [5.41, 5.74) is 0.955. The molecule has 0 saturated carbocycles. The van der Waals surface area contributed by atoms with Crippen molar-refractivity contribution in [3.05, 3.63) is 34.6 Å². The zero-order valence-corrected chi connectivity index (χ0v) is 14.2. The van der Waals surface area contributed by atoms with Crippen molar-refractivity contribution in [2.75, 3.05) is 6.54 Å². The lowest BCUT2D eigenvalue weighted by atomic mass is 10.1. The fraction of sp³-hybridized carbons (Fsp3) is 0.667. The molecule has 0 aliphatic rings. The van der Waals surface area contributed by atoms with Gasteiger partial charge in [0, 0.05) is 6.04 Å². The van der Waals surface area contributed by atoms with Crippen molar-refractivity contribution in [3.8, 4) is 0 Å². The molecule has 0 aromatic heterocycles. The van der Waals surface area contributed by atoms with Gasteiger partial charge in [-0.2, -0.15) is 0 Å². The van der Waals surface area contributed by atoms with Crippen molar-refractivity contribution in [1.82, 2.24) is 5.32 Å². The van der Waals surface area contributed by atoms with E-state index in [1.807, 2.05) is 6.07 Å². The highest BCUT2D eigenvalue weighted by molar-refractivity contribution is 6.30. The highest BCUT2D eigenvalue weighted by atomic mass is 35.5. The molecule has 0 fully saturated rings. The standard InChI is InChI=1S/C18H29ClFN/c1-3-4-5-6-7-8-9-10-13-21-15(2)16-11-12-17(19)18(20)14-16/h11-12,14-15,21H,3-10,13H2,1-2H3. The monoisotopic (exact) mass is 313 g/mol. The van der Waals surface area contributed by atoms with Crippen LogP contribution >= 0.6 is 11.6 Å². The van der Waals surface area contributed by atoms with Gasteiger partial charge < -0.3 is 5.32 Å². The summed E-state index contributed by atoms with van der Waals surface area (Å²) >= 11 is 5.70. The quantitative estimate of drug-likeness (QED) is 0.475. The third-order valence-corrected chi connectivity index (χ3v) is 4.23. The topological polar surface area (TPSA) is 12.0 Å². The lowest BCUT2D eigenvalue weighted by molar-refractivity contribution is 0.519. The first-order valence-electron chi connectivity index (χ1n) is 8.33. The first kappa shape index (κ1) is 18.4. The average molecular weight is 314 g/mol. The normalized spacial score (nSPS) is 12.6. The van der Waals surface area contributed by atoms with Gasteiger partial charge in [0.2, 0.25) is 0 Å². The summed E-state index contributed by atoms with van der Waals surface area (Å²) < 4.78 is 13.4. The van der Waals surface area contributed by atoms with Crippen LogP contribution in [0.1, 0.15) is 76.8 Å². The zero-order valence-electron chi connectivity index (χ0n) is 13.4. The highest BCUT2D eigenvalue weighted by Crippen LogP contribution is 2.20. The molecule has 0 spiro atoms. The van der Waals surface area contributed by atoms with Crippen LogP contribution in [0.2, 0.25) is 5.02 Å². The third-order valence-electron chi connectivity index (χ3n) is 3.92. The Morgan fingerprint density at radius 3 is 2.29 bits per heavy atom. The molecule has 0 amide bonds. The lowest BCUT2D eigenvalue weighted by Crippen LogP contribution is -2.19. The molecule has 0 radical (unpaired) electrons. The van der Waals surface area contributed by atoms with E-state index in [1.165, 1.54) is 57.4 Å². The van der Waals surface area contributed by atoms with Gasteiger partial charge >= 0.3 is 0 Å². The Morgan fingerprint density at radius 2 is 1.67 bits per heavy atom. The molecule has 1 atom stereocenters. The summed E-state index contributed by atoms with van der Waals surface area (Å²) in [6, 6.07) is 5.20. The van der Waals surface area contributed by atoms with E-state index in [0.717, 1.165) is 12.1 Å². The van der Waals surface area contributed by atoms with Crippen LogP contribution in [0, 0.1) is 5.82 Å². The van der Waals surface area contributed by atoms with E-state index in [4.69, 9.17) is 11.6 Å². The van der Waals surface area contributed by atoms with Crippen LogP contribution in [-0.4, -0.2) is 6.54 Å². The number of halogens is 2. The minimum absolute atomic E-state index is 0.168. The van der Waals surface area contributed by atoms with Gasteiger partial charge in [-0.05, 0) is 37.6 Å². The van der Waals surface area contributed by atoms with Gasteiger partial charge in [0.05, 0.1) is 5.02 Å². The van der Waals surface area contributed by atoms with E-state index in [-0.39, 0.29) is 16.9 Å². The summed E-state index contributed by atoms with van der Waals surface area (Å²) in [5, 5.41) is 3.64. The van der Waals surface area contributed by atoms with E-state index < -0.39 is 0 Å². The van der Waals surface area contributed by atoms with Crippen LogP contribution < -0.4 is 5.32 Å². The van der Waals surface area contributed by atoms with Crippen molar-refractivity contribution in [2.45, 2.75) is 71.3 Å². The maximum atomic E-state index is 13.4. The highest BCUT2D eigenvalue weighted by Gasteiger charge is 2.07. The molecule has 1 nitrogen and oxygen atoms in total. The Labute approximate surface area is 134 Å². The molecule has 21 heavy (non-hydrogen) atoms. The van der Waals surface area contributed by atoms with Crippen LogP contribution in [-0.2, 0) is 0 Å². The third kappa shape index (κ3) is 7.82. The van der Waals surface area contributed by atoms with E-state index >= 15 is 0 Å². The zero-order chi connectivity index (χ0) is 15.5. The molecular weight excluding hydrogens is 285 g/mol. The van der Waals surface area contributed by atoms with Crippen molar-refractivity contribution in [2.24, 2.45) is 0 Å². The fourth-order valence-corrected chi connectivity index (χ4v) is 2.59. The maximum Gasteiger partial charge on any atom is 0.142 e. The number of rotatable bonds is 11. The fourth-order valence-electron chi connectivity index (χ4n) is 2.48. The van der Waals surface area contributed by atoms with Gasteiger partial charge in [0.15, 0.2) is 0 Å². The second-order valence-corrected chi connectivity index (χ2v) is 6.23. The minimum atomic E-state index is -0.338. The first-order chi connectivity index (χ1) is 10.1. The van der Waals surface area contributed by atoms with E-state index in [9.17, 15) is 4.39 Å². The second kappa shape index (κ2) is 11.0. The molecule has 1 unspecified atom stereocenters. The summed E-state index contributed by atoms with van der Waals surface area (Å²) in [7, 11) is 0. The molecule has 1 N–H and O–H groups in total. The SMILES string of the molecule is CCCCCCCCCCNC(C)c1ccc(Cl)c(F)c1. The van der Waals surface area contributed by atoms with Crippen LogP contribution in [0.25, 0.3) is 0 Å². The molecule has 0 saturated heterocycles. The van der Waals surface area contributed by atoms with Gasteiger partial charge in [-0.3, -0.25) is 0 Å². The van der Waals surface area contributed by atoms with Gasteiger partial charge in [-0.1, -0.05) is 69.5 Å². The van der Waals surface area contributed by atoms with Crippen LogP contribution in [0.3, 0.4) is 0 Å². The molecule has 120 valence electrons.